The molecule has 0 saturated heterocycles. The molecule has 0 amide bonds. The maximum absolute atomic E-state index is 10.5. The second-order valence-electron chi connectivity index (χ2n) is 9.70. The standard InChI is InChI=1S/C28H24BO3/c1-27(2,30)28(3,4)32-29-21-12-7-13-22-25(21)20-15-14-18-17-10-5-8-16-9-6-11-19(23(16)17)24(18)26(20)31-22/h5-15,30H,1-4H3. The first-order valence-corrected chi connectivity index (χ1v) is 11.0. The van der Waals surface area contributed by atoms with Crippen molar-refractivity contribution in [1.82, 2.24) is 0 Å². The molecule has 0 saturated carbocycles. The van der Waals surface area contributed by atoms with Crippen molar-refractivity contribution in [1.29, 1.82) is 0 Å². The molecule has 0 fully saturated rings. The monoisotopic (exact) mass is 419 g/mol. The summed E-state index contributed by atoms with van der Waals surface area (Å²) < 4.78 is 12.6. The minimum absolute atomic E-state index is 0.743. The molecule has 0 spiro atoms. The molecule has 1 N–H and O–H groups in total. The largest absolute Gasteiger partial charge is 0.455 e. The first kappa shape index (κ1) is 19.6. The van der Waals surface area contributed by atoms with Crippen molar-refractivity contribution in [3.63, 3.8) is 0 Å². The lowest BCUT2D eigenvalue weighted by molar-refractivity contribution is -0.0893. The second kappa shape index (κ2) is 6.47. The molecule has 1 heterocycles. The summed E-state index contributed by atoms with van der Waals surface area (Å²) in [7, 11) is 1.75. The summed E-state index contributed by atoms with van der Waals surface area (Å²) >= 11 is 0. The summed E-state index contributed by atoms with van der Waals surface area (Å²) in [5, 5.41) is 15.1. The predicted octanol–water partition coefficient (Wildman–Crippen LogP) is 6.20. The Balaban J connectivity index is 1.56. The fraction of sp³-hybridized carbons (Fsp3) is 0.214. The van der Waals surface area contributed by atoms with Crippen LogP contribution in [0.15, 0.2) is 71.1 Å². The Kier molecular flexibility index (Phi) is 3.96. The van der Waals surface area contributed by atoms with Crippen LogP contribution in [-0.2, 0) is 4.65 Å². The van der Waals surface area contributed by atoms with Gasteiger partial charge in [0.25, 0.3) is 0 Å². The number of hydrogen-bond acceptors (Lipinski definition) is 3. The van der Waals surface area contributed by atoms with Gasteiger partial charge in [-0.05, 0) is 72.8 Å². The highest BCUT2D eigenvalue weighted by atomic mass is 16.5. The molecule has 1 aliphatic rings. The maximum Gasteiger partial charge on any atom is 0.331 e. The van der Waals surface area contributed by atoms with Crippen molar-refractivity contribution in [2.75, 3.05) is 0 Å². The molecule has 4 aromatic carbocycles. The van der Waals surface area contributed by atoms with E-state index in [1.807, 2.05) is 32.0 Å². The molecule has 3 nitrogen and oxygen atoms in total. The summed E-state index contributed by atoms with van der Waals surface area (Å²) in [6, 6.07) is 23.3. The quantitative estimate of drug-likeness (QED) is 0.346. The van der Waals surface area contributed by atoms with Gasteiger partial charge >= 0.3 is 7.48 Å². The van der Waals surface area contributed by atoms with E-state index >= 15 is 0 Å². The molecule has 0 aliphatic heterocycles. The molecule has 0 bridgehead atoms. The van der Waals surface area contributed by atoms with E-state index in [0.29, 0.717) is 0 Å². The zero-order valence-corrected chi connectivity index (χ0v) is 18.7. The normalized spacial score (nSPS) is 13.3. The van der Waals surface area contributed by atoms with Gasteiger partial charge in [0, 0.05) is 16.3 Å². The molecule has 4 heteroatoms. The van der Waals surface area contributed by atoms with E-state index in [1.54, 1.807) is 21.3 Å². The minimum Gasteiger partial charge on any atom is -0.455 e. The first-order chi connectivity index (χ1) is 15.3. The minimum atomic E-state index is -0.985. The lowest BCUT2D eigenvalue weighted by atomic mass is 9.80. The highest BCUT2D eigenvalue weighted by Crippen LogP contribution is 2.51. The van der Waals surface area contributed by atoms with Crippen molar-refractivity contribution in [3.8, 4) is 22.3 Å². The van der Waals surface area contributed by atoms with Gasteiger partial charge in [0.1, 0.15) is 11.2 Å². The van der Waals surface area contributed by atoms with Crippen LogP contribution in [0.25, 0.3) is 55.0 Å². The molecule has 1 aromatic heterocycles. The molecule has 1 aliphatic carbocycles. The van der Waals surface area contributed by atoms with Gasteiger partial charge in [-0.2, -0.15) is 0 Å². The maximum atomic E-state index is 10.5. The number of benzene rings is 4. The lowest BCUT2D eigenvalue weighted by Gasteiger charge is -2.37. The van der Waals surface area contributed by atoms with Crippen LogP contribution in [0.2, 0.25) is 0 Å². The Hall–Kier alpha value is -3.08. The fourth-order valence-corrected chi connectivity index (χ4v) is 4.64. The highest BCUT2D eigenvalue weighted by molar-refractivity contribution is 6.53. The van der Waals surface area contributed by atoms with Crippen molar-refractivity contribution in [2.24, 2.45) is 0 Å². The smallest absolute Gasteiger partial charge is 0.331 e. The predicted molar refractivity (Wildman–Crippen MR) is 133 cm³/mol. The third-order valence-corrected chi connectivity index (χ3v) is 7.12. The van der Waals surface area contributed by atoms with Crippen LogP contribution < -0.4 is 5.46 Å². The second-order valence-corrected chi connectivity index (χ2v) is 9.70. The molecule has 157 valence electrons. The van der Waals surface area contributed by atoms with E-state index in [2.05, 4.69) is 48.5 Å². The van der Waals surface area contributed by atoms with Crippen LogP contribution >= 0.6 is 0 Å². The van der Waals surface area contributed by atoms with Gasteiger partial charge in [-0.15, -0.1) is 0 Å². The van der Waals surface area contributed by atoms with E-state index in [4.69, 9.17) is 9.07 Å². The Morgan fingerprint density at radius 3 is 2.25 bits per heavy atom. The molecule has 6 rings (SSSR count). The average molecular weight is 419 g/mol. The van der Waals surface area contributed by atoms with Gasteiger partial charge in [-0.3, -0.25) is 0 Å². The van der Waals surface area contributed by atoms with E-state index < -0.39 is 11.2 Å². The molecule has 0 atom stereocenters. The third-order valence-electron chi connectivity index (χ3n) is 7.12. The third kappa shape index (κ3) is 2.63. The van der Waals surface area contributed by atoms with Crippen LogP contribution in [0.3, 0.4) is 0 Å². The number of aliphatic hydroxyl groups is 1. The Morgan fingerprint density at radius 1 is 0.781 bits per heavy atom. The fourth-order valence-electron chi connectivity index (χ4n) is 4.64. The molecular weight excluding hydrogens is 395 g/mol. The van der Waals surface area contributed by atoms with Crippen LogP contribution in [0.5, 0.6) is 0 Å². The van der Waals surface area contributed by atoms with Crippen molar-refractivity contribution < 1.29 is 14.2 Å². The summed E-state index contributed by atoms with van der Waals surface area (Å²) in [5.74, 6) is 0. The summed E-state index contributed by atoms with van der Waals surface area (Å²) in [6.45, 7) is 7.30. The zero-order chi connectivity index (χ0) is 22.3. The molecule has 1 radical (unpaired) electrons. The first-order valence-electron chi connectivity index (χ1n) is 11.0. The van der Waals surface area contributed by atoms with Gasteiger partial charge in [-0.1, -0.05) is 54.6 Å². The van der Waals surface area contributed by atoms with Gasteiger partial charge in [-0.25, -0.2) is 0 Å². The van der Waals surface area contributed by atoms with Crippen LogP contribution in [0.4, 0.5) is 0 Å². The van der Waals surface area contributed by atoms with E-state index in [0.717, 1.165) is 33.0 Å². The Morgan fingerprint density at radius 2 is 1.50 bits per heavy atom. The van der Waals surface area contributed by atoms with Gasteiger partial charge in [0.2, 0.25) is 0 Å². The van der Waals surface area contributed by atoms with Gasteiger partial charge < -0.3 is 14.2 Å². The molecule has 0 unspecified atom stereocenters. The number of hydrogen-bond donors (Lipinski definition) is 1. The Labute approximate surface area is 187 Å². The summed E-state index contributed by atoms with van der Waals surface area (Å²) in [4.78, 5) is 0. The highest BCUT2D eigenvalue weighted by Gasteiger charge is 2.36. The van der Waals surface area contributed by atoms with Crippen LogP contribution in [0.1, 0.15) is 27.7 Å². The van der Waals surface area contributed by atoms with Gasteiger partial charge in [0.05, 0.1) is 11.2 Å². The lowest BCUT2D eigenvalue weighted by Crippen LogP contribution is -2.49. The van der Waals surface area contributed by atoms with Crippen LogP contribution in [0, 0.1) is 0 Å². The van der Waals surface area contributed by atoms with Crippen molar-refractivity contribution in [2.45, 2.75) is 38.9 Å². The van der Waals surface area contributed by atoms with E-state index in [-0.39, 0.29) is 0 Å². The van der Waals surface area contributed by atoms with Crippen molar-refractivity contribution >= 4 is 45.7 Å². The molecule has 32 heavy (non-hydrogen) atoms. The topological polar surface area (TPSA) is 42.6 Å². The van der Waals surface area contributed by atoms with E-state index in [9.17, 15) is 5.11 Å². The number of fused-ring (bicyclic) bond motifs is 7. The number of furan rings is 1. The molecular formula is C28H24BO3. The number of rotatable bonds is 4. The summed E-state index contributed by atoms with van der Waals surface area (Å²) in [6.07, 6.45) is 0. The zero-order valence-electron chi connectivity index (χ0n) is 18.7. The Bertz CT molecular complexity index is 1530. The van der Waals surface area contributed by atoms with Gasteiger partial charge in [0.15, 0.2) is 0 Å². The van der Waals surface area contributed by atoms with E-state index in [1.165, 1.54) is 27.5 Å². The molecule has 5 aromatic rings. The van der Waals surface area contributed by atoms with Crippen LogP contribution in [-0.4, -0.2) is 23.8 Å². The SMILES string of the molecule is CC(C)(O)C(C)(C)O[B]c1cccc2oc3c4c(ccc3c12)-c1cccc2cccc-4c12. The summed E-state index contributed by atoms with van der Waals surface area (Å²) in [5.41, 5.74) is 5.81. The average Bonchev–Trinajstić information content (AvgIpc) is 3.29. The van der Waals surface area contributed by atoms with Crippen molar-refractivity contribution in [3.05, 3.63) is 66.7 Å².